The van der Waals surface area contributed by atoms with E-state index in [2.05, 4.69) is 24.9 Å². The van der Waals surface area contributed by atoms with Gasteiger partial charge in [-0.05, 0) is 49.1 Å². The molecule has 0 spiro atoms. The molecule has 0 amide bonds. The molecule has 3 rings (SSSR count). The Morgan fingerprint density at radius 3 is 1.86 bits per heavy atom. The molecular formula is C39H62FNO3. The average Bonchev–Trinajstić information content (AvgIpc) is 3.05. The zero-order valence-electron chi connectivity index (χ0n) is 28.1. The van der Waals surface area contributed by atoms with E-state index in [-0.39, 0.29) is 12.1 Å². The van der Waals surface area contributed by atoms with E-state index in [0.717, 1.165) is 55.7 Å². The lowest BCUT2D eigenvalue weighted by atomic mass is 10.0. The lowest BCUT2D eigenvalue weighted by Gasteiger charge is -2.29. The van der Waals surface area contributed by atoms with E-state index in [4.69, 9.17) is 14.2 Å². The predicted molar refractivity (Wildman–Crippen MR) is 182 cm³/mol. The minimum absolute atomic E-state index is 0.133. The Kier molecular flexibility index (Phi) is 19.4. The molecule has 1 aliphatic heterocycles. The van der Waals surface area contributed by atoms with Crippen molar-refractivity contribution in [2.45, 2.75) is 155 Å². The second-order valence-electron chi connectivity index (χ2n) is 13.0. The Balaban J connectivity index is 1.24. The van der Waals surface area contributed by atoms with E-state index in [1.54, 1.807) is 6.07 Å². The third-order valence-electron chi connectivity index (χ3n) is 8.98. The molecule has 0 radical (unpaired) electrons. The van der Waals surface area contributed by atoms with Gasteiger partial charge in [0.15, 0.2) is 17.9 Å². The first-order valence-corrected chi connectivity index (χ1v) is 18.3. The first-order chi connectivity index (χ1) is 21.7. The minimum atomic E-state index is -0.328. The average molecular weight is 612 g/mol. The molecule has 4 nitrogen and oxygen atoms in total. The molecular weight excluding hydrogens is 549 g/mol. The van der Waals surface area contributed by atoms with Crippen LogP contribution in [0.3, 0.4) is 0 Å². The van der Waals surface area contributed by atoms with Crippen molar-refractivity contribution in [3.8, 4) is 17.0 Å². The Morgan fingerprint density at radius 2 is 1.30 bits per heavy atom. The van der Waals surface area contributed by atoms with E-state index in [1.807, 2.05) is 18.3 Å². The van der Waals surface area contributed by atoms with Gasteiger partial charge in [0.1, 0.15) is 0 Å². The van der Waals surface area contributed by atoms with E-state index in [0.29, 0.717) is 18.3 Å². The van der Waals surface area contributed by atoms with E-state index in [1.165, 1.54) is 115 Å². The van der Waals surface area contributed by atoms with Gasteiger partial charge in [-0.3, -0.25) is 4.98 Å². The van der Waals surface area contributed by atoms with Crippen LogP contribution >= 0.6 is 0 Å². The Hall–Kier alpha value is -1.98. The van der Waals surface area contributed by atoms with Crippen molar-refractivity contribution in [3.05, 3.63) is 47.9 Å². The van der Waals surface area contributed by atoms with Gasteiger partial charge in [-0.15, -0.1) is 0 Å². The maximum Gasteiger partial charge on any atom is 0.165 e. The summed E-state index contributed by atoms with van der Waals surface area (Å²) < 4.78 is 32.5. The predicted octanol–water partition coefficient (Wildman–Crippen LogP) is 11.6. The summed E-state index contributed by atoms with van der Waals surface area (Å²) in [6.45, 7) is 6.70. The summed E-state index contributed by atoms with van der Waals surface area (Å²) in [5, 5.41) is 0. The third kappa shape index (κ3) is 15.3. The number of aromatic nitrogens is 1. The van der Waals surface area contributed by atoms with Gasteiger partial charge in [0.25, 0.3) is 0 Å². The molecule has 1 saturated heterocycles. The number of aryl methyl sites for hydroxylation is 1. The van der Waals surface area contributed by atoms with Crippen molar-refractivity contribution >= 4 is 0 Å². The van der Waals surface area contributed by atoms with Crippen LogP contribution in [0, 0.1) is 11.7 Å². The molecule has 0 N–H and O–H groups in total. The fraction of sp³-hybridized carbons (Fsp3) is 0.718. The van der Waals surface area contributed by atoms with Crippen LogP contribution in [-0.2, 0) is 15.9 Å². The summed E-state index contributed by atoms with van der Waals surface area (Å²) in [6.07, 6.45) is 28.3. The van der Waals surface area contributed by atoms with Crippen molar-refractivity contribution in [2.24, 2.45) is 5.92 Å². The maximum atomic E-state index is 14.7. The summed E-state index contributed by atoms with van der Waals surface area (Å²) in [6, 6.07) is 9.19. The van der Waals surface area contributed by atoms with Gasteiger partial charge in [-0.1, -0.05) is 129 Å². The fourth-order valence-electron chi connectivity index (χ4n) is 6.06. The largest absolute Gasteiger partial charge is 0.491 e. The number of nitrogens with zero attached hydrogens (tertiary/aromatic N) is 1. The summed E-state index contributed by atoms with van der Waals surface area (Å²) in [5.74, 6) is 0.529. The highest BCUT2D eigenvalue weighted by Gasteiger charge is 2.21. The second-order valence-corrected chi connectivity index (χ2v) is 13.0. The van der Waals surface area contributed by atoms with Crippen molar-refractivity contribution in [1.82, 2.24) is 4.98 Å². The molecule has 2 heterocycles. The quantitative estimate of drug-likeness (QED) is 0.105. The maximum absolute atomic E-state index is 14.7. The number of benzene rings is 1. The highest BCUT2D eigenvalue weighted by atomic mass is 19.1. The number of rotatable bonds is 25. The highest BCUT2D eigenvalue weighted by Crippen LogP contribution is 2.26. The monoisotopic (exact) mass is 611 g/mol. The molecule has 1 aromatic carbocycles. The molecule has 1 aliphatic rings. The summed E-state index contributed by atoms with van der Waals surface area (Å²) in [4.78, 5) is 4.61. The summed E-state index contributed by atoms with van der Waals surface area (Å²) in [5.41, 5.74) is 2.67. The van der Waals surface area contributed by atoms with Crippen LogP contribution in [0.2, 0.25) is 0 Å². The summed E-state index contributed by atoms with van der Waals surface area (Å²) >= 11 is 0. The van der Waals surface area contributed by atoms with Gasteiger partial charge >= 0.3 is 0 Å². The van der Waals surface area contributed by atoms with E-state index in [9.17, 15) is 4.39 Å². The zero-order chi connectivity index (χ0) is 31.1. The molecule has 1 fully saturated rings. The molecule has 0 saturated carbocycles. The van der Waals surface area contributed by atoms with Gasteiger partial charge in [-0.2, -0.15) is 0 Å². The molecule has 0 aliphatic carbocycles. The molecule has 2 aromatic rings. The summed E-state index contributed by atoms with van der Waals surface area (Å²) in [7, 11) is 0. The van der Waals surface area contributed by atoms with Crippen LogP contribution in [0.1, 0.15) is 148 Å². The Labute approximate surface area is 268 Å². The van der Waals surface area contributed by atoms with Crippen molar-refractivity contribution in [1.29, 1.82) is 0 Å². The number of pyridine rings is 1. The Morgan fingerprint density at radius 1 is 0.705 bits per heavy atom. The first kappa shape index (κ1) is 36.5. The SMILES string of the molecule is CCCCCCCCCCCCC1COC(CCc2ccc(-c3ccc(OCCCCCCCCCC)c(F)c3)nc2)OC1. The lowest BCUT2D eigenvalue weighted by Crippen LogP contribution is -2.32. The van der Waals surface area contributed by atoms with Crippen LogP contribution in [0.4, 0.5) is 4.39 Å². The number of ether oxygens (including phenoxy) is 3. The van der Waals surface area contributed by atoms with E-state index >= 15 is 0 Å². The molecule has 44 heavy (non-hydrogen) atoms. The molecule has 0 atom stereocenters. The first-order valence-electron chi connectivity index (χ1n) is 18.3. The van der Waals surface area contributed by atoms with Crippen LogP contribution in [-0.4, -0.2) is 31.1 Å². The fourth-order valence-corrected chi connectivity index (χ4v) is 6.06. The smallest absolute Gasteiger partial charge is 0.165 e. The Bertz CT molecular complexity index is 974. The molecule has 1 aromatic heterocycles. The van der Waals surface area contributed by atoms with Crippen molar-refractivity contribution < 1.29 is 18.6 Å². The van der Waals surface area contributed by atoms with Crippen molar-refractivity contribution in [3.63, 3.8) is 0 Å². The molecule has 0 unspecified atom stereocenters. The third-order valence-corrected chi connectivity index (χ3v) is 8.98. The van der Waals surface area contributed by atoms with Gasteiger partial charge in [0.2, 0.25) is 0 Å². The molecule has 248 valence electrons. The zero-order valence-corrected chi connectivity index (χ0v) is 28.1. The molecule has 0 bridgehead atoms. The standard InChI is InChI=1S/C39H62FNO3/c1-3-5-7-9-11-13-14-15-17-19-21-34-31-43-39(44-32-34)27-23-33-22-25-37(41-30-33)35-24-26-38(36(40)29-35)42-28-20-18-16-12-10-8-6-4-2/h22,24-26,29-30,34,39H,3-21,23,27-28,31-32H2,1-2H3. The lowest BCUT2D eigenvalue weighted by molar-refractivity contribution is -0.203. The van der Waals surface area contributed by atoms with Crippen LogP contribution < -0.4 is 4.74 Å². The van der Waals surface area contributed by atoms with Crippen molar-refractivity contribution in [2.75, 3.05) is 19.8 Å². The van der Waals surface area contributed by atoms with Gasteiger partial charge in [0.05, 0.1) is 25.5 Å². The number of halogens is 1. The highest BCUT2D eigenvalue weighted by molar-refractivity contribution is 5.60. The topological polar surface area (TPSA) is 40.6 Å². The number of hydrogen-bond donors (Lipinski definition) is 0. The van der Waals surface area contributed by atoms with E-state index < -0.39 is 0 Å². The van der Waals surface area contributed by atoms with Gasteiger partial charge < -0.3 is 14.2 Å². The second kappa shape index (κ2) is 23.4. The van der Waals surface area contributed by atoms with Gasteiger partial charge in [-0.25, -0.2) is 4.39 Å². The van der Waals surface area contributed by atoms with Crippen LogP contribution in [0.15, 0.2) is 36.5 Å². The normalized spacial score (nSPS) is 16.8. The molecule has 5 heteroatoms. The van der Waals surface area contributed by atoms with Crippen LogP contribution in [0.25, 0.3) is 11.3 Å². The van der Waals surface area contributed by atoms with Crippen LogP contribution in [0.5, 0.6) is 5.75 Å². The number of hydrogen-bond acceptors (Lipinski definition) is 4. The number of unbranched alkanes of at least 4 members (excludes halogenated alkanes) is 16. The van der Waals surface area contributed by atoms with Gasteiger partial charge in [0, 0.05) is 24.1 Å². The minimum Gasteiger partial charge on any atom is -0.491 e.